The minimum atomic E-state index is -3.76. The van der Waals surface area contributed by atoms with Gasteiger partial charge in [-0.3, -0.25) is 4.79 Å². The van der Waals surface area contributed by atoms with Gasteiger partial charge in [-0.05, 0) is 49.6 Å². The first-order valence-electron chi connectivity index (χ1n) is 10.0. The first kappa shape index (κ1) is 23.6. The summed E-state index contributed by atoms with van der Waals surface area (Å²) in [5, 5.41) is 3.05. The van der Waals surface area contributed by atoms with Crippen LogP contribution in [0.3, 0.4) is 0 Å². The molecule has 1 amide bonds. The summed E-state index contributed by atoms with van der Waals surface area (Å²) in [4.78, 5) is 12.8. The SMILES string of the molecule is COc1ccc(OC)c(S(=O)(=O)N2CCC(C(=O)N[C@@H](C)c3ccc(Br)cc3)CC2)c1. The fourth-order valence-corrected chi connectivity index (χ4v) is 5.55. The number of benzene rings is 2. The van der Waals surface area contributed by atoms with Crippen molar-refractivity contribution in [3.8, 4) is 11.5 Å². The normalized spacial score (nSPS) is 16.5. The van der Waals surface area contributed by atoms with Gasteiger partial charge < -0.3 is 14.8 Å². The molecule has 0 bridgehead atoms. The minimum Gasteiger partial charge on any atom is -0.497 e. The smallest absolute Gasteiger partial charge is 0.246 e. The molecule has 168 valence electrons. The number of rotatable bonds is 7. The van der Waals surface area contributed by atoms with E-state index in [1.54, 1.807) is 12.1 Å². The molecule has 1 atom stereocenters. The molecule has 3 rings (SSSR count). The van der Waals surface area contributed by atoms with Gasteiger partial charge in [-0.2, -0.15) is 4.31 Å². The van der Waals surface area contributed by atoms with Crippen LogP contribution < -0.4 is 14.8 Å². The maximum Gasteiger partial charge on any atom is 0.246 e. The predicted molar refractivity (Wildman–Crippen MR) is 122 cm³/mol. The number of hydrogen-bond donors (Lipinski definition) is 1. The van der Waals surface area contributed by atoms with Gasteiger partial charge in [-0.15, -0.1) is 0 Å². The van der Waals surface area contributed by atoms with Gasteiger partial charge in [0, 0.05) is 29.5 Å². The molecule has 1 saturated heterocycles. The molecule has 1 heterocycles. The lowest BCUT2D eigenvalue weighted by molar-refractivity contribution is -0.126. The molecule has 0 saturated carbocycles. The molecule has 0 unspecified atom stereocenters. The van der Waals surface area contributed by atoms with Gasteiger partial charge in [0.05, 0.1) is 20.3 Å². The number of methoxy groups -OCH3 is 2. The number of carbonyl (C=O) groups is 1. The zero-order chi connectivity index (χ0) is 22.6. The van der Waals surface area contributed by atoms with Crippen molar-refractivity contribution in [3.63, 3.8) is 0 Å². The Labute approximate surface area is 191 Å². The van der Waals surface area contributed by atoms with Crippen LogP contribution in [0.4, 0.5) is 0 Å². The lowest BCUT2D eigenvalue weighted by Crippen LogP contribution is -2.43. The lowest BCUT2D eigenvalue weighted by Gasteiger charge is -2.31. The Morgan fingerprint density at radius 1 is 1.10 bits per heavy atom. The second-order valence-electron chi connectivity index (χ2n) is 7.48. The van der Waals surface area contributed by atoms with Crippen LogP contribution in [0.2, 0.25) is 0 Å². The molecule has 1 aliphatic heterocycles. The maximum absolute atomic E-state index is 13.2. The van der Waals surface area contributed by atoms with Gasteiger partial charge in [0.1, 0.15) is 16.4 Å². The molecule has 0 spiro atoms. The van der Waals surface area contributed by atoms with E-state index < -0.39 is 10.0 Å². The predicted octanol–water partition coefficient (Wildman–Crippen LogP) is 3.74. The zero-order valence-corrected chi connectivity index (χ0v) is 20.2. The van der Waals surface area contributed by atoms with E-state index in [-0.39, 0.29) is 41.6 Å². The van der Waals surface area contributed by atoms with Crippen LogP contribution in [0, 0.1) is 5.92 Å². The number of hydrogen-bond acceptors (Lipinski definition) is 5. The number of sulfonamides is 1. The van der Waals surface area contributed by atoms with E-state index >= 15 is 0 Å². The van der Waals surface area contributed by atoms with Crippen molar-refractivity contribution in [1.29, 1.82) is 0 Å². The highest BCUT2D eigenvalue weighted by Crippen LogP contribution is 2.32. The highest BCUT2D eigenvalue weighted by molar-refractivity contribution is 9.10. The highest BCUT2D eigenvalue weighted by Gasteiger charge is 2.34. The van der Waals surface area contributed by atoms with Crippen molar-refractivity contribution in [3.05, 3.63) is 52.5 Å². The standard InChI is InChI=1S/C22H27BrN2O5S/c1-15(16-4-6-18(23)7-5-16)24-22(26)17-10-12-25(13-11-17)31(27,28)21-14-19(29-2)8-9-20(21)30-3/h4-9,14-15,17H,10-13H2,1-3H3,(H,24,26)/t15-/m0/s1. The summed E-state index contributed by atoms with van der Waals surface area (Å²) in [6, 6.07) is 12.4. The Morgan fingerprint density at radius 2 is 1.74 bits per heavy atom. The number of carbonyl (C=O) groups excluding carboxylic acids is 1. The molecule has 0 aliphatic carbocycles. The monoisotopic (exact) mass is 510 g/mol. The number of nitrogens with one attached hydrogen (secondary N) is 1. The Kier molecular flexibility index (Phi) is 7.61. The van der Waals surface area contributed by atoms with Crippen LogP contribution in [-0.2, 0) is 14.8 Å². The van der Waals surface area contributed by atoms with E-state index in [9.17, 15) is 13.2 Å². The maximum atomic E-state index is 13.2. The Hall–Kier alpha value is -2.10. The summed E-state index contributed by atoms with van der Waals surface area (Å²) in [6.07, 6.45) is 0.925. The van der Waals surface area contributed by atoms with Gasteiger partial charge in [0.15, 0.2) is 0 Å². The molecule has 7 nitrogen and oxygen atoms in total. The molecular formula is C22H27BrN2O5S. The van der Waals surface area contributed by atoms with Gasteiger partial charge in [-0.25, -0.2) is 8.42 Å². The van der Waals surface area contributed by atoms with Crippen molar-refractivity contribution in [2.75, 3.05) is 27.3 Å². The summed E-state index contributed by atoms with van der Waals surface area (Å²) in [5.74, 6) is 0.433. The molecular weight excluding hydrogens is 484 g/mol. The van der Waals surface area contributed by atoms with E-state index in [1.165, 1.54) is 24.6 Å². The second-order valence-corrected chi connectivity index (χ2v) is 10.3. The Bertz CT molecular complexity index is 1020. The van der Waals surface area contributed by atoms with Crippen LogP contribution in [0.1, 0.15) is 31.4 Å². The molecule has 31 heavy (non-hydrogen) atoms. The molecule has 0 aromatic heterocycles. The largest absolute Gasteiger partial charge is 0.497 e. The second kappa shape index (κ2) is 10.0. The first-order valence-corrected chi connectivity index (χ1v) is 12.3. The average molecular weight is 511 g/mol. The number of piperidine rings is 1. The summed E-state index contributed by atoms with van der Waals surface area (Å²) >= 11 is 3.41. The third-order valence-electron chi connectivity index (χ3n) is 5.54. The number of nitrogens with zero attached hydrogens (tertiary/aromatic N) is 1. The topological polar surface area (TPSA) is 84.9 Å². The van der Waals surface area contributed by atoms with Crippen molar-refractivity contribution < 1.29 is 22.7 Å². The van der Waals surface area contributed by atoms with Crippen LogP contribution in [0.25, 0.3) is 0 Å². The molecule has 1 aliphatic rings. The van der Waals surface area contributed by atoms with Crippen molar-refractivity contribution >= 4 is 31.9 Å². The average Bonchev–Trinajstić information content (AvgIpc) is 2.79. The summed E-state index contributed by atoms with van der Waals surface area (Å²) in [7, 11) is -0.846. The van der Waals surface area contributed by atoms with Crippen LogP contribution >= 0.6 is 15.9 Å². The third kappa shape index (κ3) is 5.39. The van der Waals surface area contributed by atoms with E-state index in [0.717, 1.165) is 10.0 Å². The van der Waals surface area contributed by atoms with Gasteiger partial charge in [-0.1, -0.05) is 28.1 Å². The molecule has 1 N–H and O–H groups in total. The van der Waals surface area contributed by atoms with Gasteiger partial charge in [0.2, 0.25) is 15.9 Å². The van der Waals surface area contributed by atoms with E-state index in [4.69, 9.17) is 9.47 Å². The van der Waals surface area contributed by atoms with E-state index in [1.807, 2.05) is 31.2 Å². The Balaban J connectivity index is 1.64. The summed E-state index contributed by atoms with van der Waals surface area (Å²) in [6.45, 7) is 2.48. The van der Waals surface area contributed by atoms with E-state index in [0.29, 0.717) is 18.6 Å². The van der Waals surface area contributed by atoms with Crippen LogP contribution in [-0.4, -0.2) is 45.9 Å². The fraction of sp³-hybridized carbons (Fsp3) is 0.409. The summed E-state index contributed by atoms with van der Waals surface area (Å²) < 4.78 is 39.2. The van der Waals surface area contributed by atoms with Gasteiger partial charge >= 0.3 is 0 Å². The Morgan fingerprint density at radius 3 is 2.32 bits per heavy atom. The highest BCUT2D eigenvalue weighted by atomic mass is 79.9. The quantitative estimate of drug-likeness (QED) is 0.613. The number of amides is 1. The zero-order valence-electron chi connectivity index (χ0n) is 17.8. The van der Waals surface area contributed by atoms with Crippen LogP contribution in [0.15, 0.2) is 51.8 Å². The lowest BCUT2D eigenvalue weighted by atomic mass is 9.96. The van der Waals surface area contributed by atoms with Crippen molar-refractivity contribution in [1.82, 2.24) is 9.62 Å². The fourth-order valence-electron chi connectivity index (χ4n) is 3.65. The number of halogens is 1. The van der Waals surface area contributed by atoms with Crippen molar-refractivity contribution in [2.45, 2.75) is 30.7 Å². The van der Waals surface area contributed by atoms with E-state index in [2.05, 4.69) is 21.2 Å². The molecule has 9 heteroatoms. The molecule has 2 aromatic rings. The summed E-state index contributed by atoms with van der Waals surface area (Å²) in [5.41, 5.74) is 1.02. The van der Waals surface area contributed by atoms with Crippen LogP contribution in [0.5, 0.6) is 11.5 Å². The van der Waals surface area contributed by atoms with Crippen molar-refractivity contribution in [2.24, 2.45) is 5.92 Å². The number of ether oxygens (including phenoxy) is 2. The minimum absolute atomic E-state index is 0.0496. The van der Waals surface area contributed by atoms with Gasteiger partial charge in [0.25, 0.3) is 0 Å². The molecule has 1 fully saturated rings. The molecule has 0 radical (unpaired) electrons. The first-order chi connectivity index (χ1) is 14.8. The third-order valence-corrected chi connectivity index (χ3v) is 7.99. The molecule has 2 aromatic carbocycles.